The Balaban J connectivity index is 1.71. The van der Waals surface area contributed by atoms with Crippen LogP contribution >= 0.6 is 0 Å². The molecule has 0 atom stereocenters. The van der Waals surface area contributed by atoms with Crippen LogP contribution in [0.25, 0.3) is 0 Å². The van der Waals surface area contributed by atoms with Gasteiger partial charge >= 0.3 is 0 Å². The van der Waals surface area contributed by atoms with E-state index >= 15 is 0 Å². The molecule has 0 unspecified atom stereocenters. The Labute approximate surface area is 116 Å². The molecule has 1 saturated carbocycles. The smallest absolute Gasteiger partial charge is 0.122 e. The summed E-state index contributed by atoms with van der Waals surface area (Å²) in [6, 6.07) is 9.10. The Kier molecular flexibility index (Phi) is 5.23. The van der Waals surface area contributed by atoms with Gasteiger partial charge in [-0.05, 0) is 64.0 Å². The van der Waals surface area contributed by atoms with Gasteiger partial charge in [0.15, 0.2) is 0 Å². The molecule has 3 nitrogen and oxygen atoms in total. The van der Waals surface area contributed by atoms with Crippen molar-refractivity contribution in [3.05, 3.63) is 29.8 Å². The predicted molar refractivity (Wildman–Crippen MR) is 79.9 cm³/mol. The topological polar surface area (TPSA) is 24.5 Å². The minimum absolute atomic E-state index is 0.669. The molecule has 1 fully saturated rings. The van der Waals surface area contributed by atoms with E-state index in [1.54, 1.807) is 7.11 Å². The molecule has 1 aromatic carbocycles. The normalized spacial score (nSPS) is 22.3. The van der Waals surface area contributed by atoms with Gasteiger partial charge in [-0.2, -0.15) is 0 Å². The maximum atomic E-state index is 5.44. The molecule has 0 spiro atoms. The van der Waals surface area contributed by atoms with Crippen LogP contribution in [0.5, 0.6) is 5.75 Å². The van der Waals surface area contributed by atoms with Crippen molar-refractivity contribution in [2.75, 3.05) is 34.3 Å². The number of rotatable bonds is 7. The largest absolute Gasteiger partial charge is 0.496 e. The quantitative estimate of drug-likeness (QED) is 0.764. The van der Waals surface area contributed by atoms with Crippen molar-refractivity contribution in [1.29, 1.82) is 0 Å². The predicted octanol–water partition coefficient (Wildman–Crippen LogP) is 2.48. The second-order valence-corrected chi connectivity index (χ2v) is 5.72. The number of hydrogen-bond donors (Lipinski definition) is 1. The third-order valence-corrected chi connectivity index (χ3v) is 3.93. The minimum Gasteiger partial charge on any atom is -0.496 e. The number of ether oxygens (including phenoxy) is 1. The molecular weight excluding hydrogens is 236 g/mol. The number of para-hydroxylation sites is 1. The lowest BCUT2D eigenvalue weighted by molar-refractivity contribution is 0.277. The van der Waals surface area contributed by atoms with E-state index in [4.69, 9.17) is 4.74 Å². The first-order chi connectivity index (χ1) is 9.20. The molecular formula is C16H26N2O. The zero-order valence-corrected chi connectivity index (χ0v) is 12.4. The molecule has 19 heavy (non-hydrogen) atoms. The maximum Gasteiger partial charge on any atom is 0.122 e. The van der Waals surface area contributed by atoms with Crippen molar-refractivity contribution in [2.45, 2.75) is 31.2 Å². The summed E-state index contributed by atoms with van der Waals surface area (Å²) in [4.78, 5) is 2.24. The highest BCUT2D eigenvalue weighted by Gasteiger charge is 2.31. The molecule has 0 aliphatic heterocycles. The van der Waals surface area contributed by atoms with Crippen molar-refractivity contribution in [3.63, 3.8) is 0 Å². The van der Waals surface area contributed by atoms with Crippen LogP contribution in [0.3, 0.4) is 0 Å². The number of methoxy groups -OCH3 is 1. The number of hydrogen-bond acceptors (Lipinski definition) is 3. The summed E-state index contributed by atoms with van der Waals surface area (Å²) in [5.41, 5.74) is 1.37. The van der Waals surface area contributed by atoms with Crippen molar-refractivity contribution in [1.82, 2.24) is 10.2 Å². The standard InChI is InChI=1S/C16H26N2O/c1-18(2)10-6-9-17-14-11-13(12-14)15-7-4-5-8-16(15)19-3/h4-5,7-8,13-14,17H,6,9-12H2,1-3H3. The van der Waals surface area contributed by atoms with Gasteiger partial charge in [0.1, 0.15) is 5.75 Å². The Bertz CT molecular complexity index is 386. The highest BCUT2D eigenvalue weighted by molar-refractivity contribution is 5.37. The van der Waals surface area contributed by atoms with Gasteiger partial charge in [-0.25, -0.2) is 0 Å². The van der Waals surface area contributed by atoms with Crippen LogP contribution in [-0.2, 0) is 0 Å². The molecule has 1 aliphatic rings. The second kappa shape index (κ2) is 6.92. The summed E-state index contributed by atoms with van der Waals surface area (Å²) in [6.07, 6.45) is 3.70. The summed E-state index contributed by atoms with van der Waals surface area (Å²) >= 11 is 0. The van der Waals surface area contributed by atoms with E-state index in [1.807, 2.05) is 6.07 Å². The fraction of sp³-hybridized carbons (Fsp3) is 0.625. The highest BCUT2D eigenvalue weighted by atomic mass is 16.5. The van der Waals surface area contributed by atoms with Crippen LogP contribution in [0, 0.1) is 0 Å². The highest BCUT2D eigenvalue weighted by Crippen LogP contribution is 2.40. The van der Waals surface area contributed by atoms with E-state index in [1.165, 1.54) is 24.8 Å². The van der Waals surface area contributed by atoms with Gasteiger partial charge in [0.25, 0.3) is 0 Å². The summed E-state index contributed by atoms with van der Waals surface area (Å²) in [5, 5.41) is 3.64. The lowest BCUT2D eigenvalue weighted by Crippen LogP contribution is -2.41. The Hall–Kier alpha value is -1.06. The van der Waals surface area contributed by atoms with Gasteiger partial charge < -0.3 is 15.0 Å². The van der Waals surface area contributed by atoms with Gasteiger partial charge in [-0.1, -0.05) is 18.2 Å². The summed E-state index contributed by atoms with van der Waals surface area (Å²) in [5.74, 6) is 1.71. The average Bonchev–Trinajstić information content (AvgIpc) is 2.36. The molecule has 1 N–H and O–H groups in total. The van der Waals surface area contributed by atoms with Crippen molar-refractivity contribution >= 4 is 0 Å². The zero-order valence-electron chi connectivity index (χ0n) is 12.4. The van der Waals surface area contributed by atoms with Gasteiger partial charge in [0.05, 0.1) is 7.11 Å². The van der Waals surface area contributed by atoms with E-state index in [0.717, 1.165) is 18.8 Å². The van der Waals surface area contributed by atoms with E-state index in [0.29, 0.717) is 12.0 Å². The number of benzene rings is 1. The fourth-order valence-electron chi connectivity index (χ4n) is 2.74. The van der Waals surface area contributed by atoms with Crippen LogP contribution < -0.4 is 10.1 Å². The van der Waals surface area contributed by atoms with Crippen molar-refractivity contribution in [3.8, 4) is 5.75 Å². The minimum atomic E-state index is 0.669. The van der Waals surface area contributed by atoms with Gasteiger partial charge in [0.2, 0.25) is 0 Å². The van der Waals surface area contributed by atoms with Gasteiger partial charge in [-0.15, -0.1) is 0 Å². The first-order valence-corrected chi connectivity index (χ1v) is 7.21. The van der Waals surface area contributed by atoms with Crippen LogP contribution in [0.4, 0.5) is 0 Å². The van der Waals surface area contributed by atoms with Crippen LogP contribution in [0.15, 0.2) is 24.3 Å². The zero-order chi connectivity index (χ0) is 13.7. The molecule has 0 heterocycles. The molecule has 1 aromatic rings. The number of nitrogens with one attached hydrogen (secondary N) is 1. The molecule has 0 radical (unpaired) electrons. The second-order valence-electron chi connectivity index (χ2n) is 5.72. The molecule has 0 saturated heterocycles. The Morgan fingerprint density at radius 2 is 2.00 bits per heavy atom. The molecule has 0 amide bonds. The lowest BCUT2D eigenvalue weighted by atomic mass is 9.75. The first kappa shape index (κ1) is 14.4. The van der Waals surface area contributed by atoms with E-state index in [2.05, 4.69) is 42.5 Å². The Morgan fingerprint density at radius 3 is 2.68 bits per heavy atom. The summed E-state index contributed by atoms with van der Waals surface area (Å²) in [6.45, 7) is 2.29. The average molecular weight is 262 g/mol. The third-order valence-electron chi connectivity index (χ3n) is 3.93. The summed E-state index contributed by atoms with van der Waals surface area (Å²) in [7, 11) is 6.01. The number of nitrogens with zero attached hydrogens (tertiary/aromatic N) is 1. The molecule has 0 aromatic heterocycles. The molecule has 0 bridgehead atoms. The van der Waals surface area contributed by atoms with E-state index in [9.17, 15) is 0 Å². The molecule has 1 aliphatic carbocycles. The van der Waals surface area contributed by atoms with Crippen molar-refractivity contribution in [2.24, 2.45) is 0 Å². The molecule has 2 rings (SSSR count). The SMILES string of the molecule is COc1ccccc1C1CC(NCCCN(C)C)C1. The van der Waals surface area contributed by atoms with E-state index in [-0.39, 0.29) is 0 Å². The fourth-order valence-corrected chi connectivity index (χ4v) is 2.74. The third kappa shape index (κ3) is 3.95. The Morgan fingerprint density at radius 1 is 1.26 bits per heavy atom. The monoisotopic (exact) mass is 262 g/mol. The lowest BCUT2D eigenvalue weighted by Gasteiger charge is -2.37. The molecule has 3 heteroatoms. The van der Waals surface area contributed by atoms with Crippen molar-refractivity contribution < 1.29 is 4.74 Å². The van der Waals surface area contributed by atoms with Gasteiger partial charge in [-0.3, -0.25) is 0 Å². The van der Waals surface area contributed by atoms with Crippen LogP contribution in [0.1, 0.15) is 30.7 Å². The van der Waals surface area contributed by atoms with Gasteiger partial charge in [0, 0.05) is 6.04 Å². The molecule has 106 valence electrons. The van der Waals surface area contributed by atoms with Crippen LogP contribution in [0.2, 0.25) is 0 Å². The maximum absolute atomic E-state index is 5.44. The van der Waals surface area contributed by atoms with Crippen LogP contribution in [-0.4, -0.2) is 45.2 Å². The first-order valence-electron chi connectivity index (χ1n) is 7.21. The summed E-state index contributed by atoms with van der Waals surface area (Å²) < 4.78 is 5.44. The van der Waals surface area contributed by atoms with E-state index < -0.39 is 0 Å².